The Labute approximate surface area is 195 Å². The van der Waals surface area contributed by atoms with E-state index in [-0.39, 0.29) is 11.1 Å². The van der Waals surface area contributed by atoms with Crippen LogP contribution in [0.5, 0.6) is 0 Å². The van der Waals surface area contributed by atoms with Crippen LogP contribution in [0.15, 0.2) is 58.6 Å². The Hall–Kier alpha value is -3.19. The first-order valence-electron chi connectivity index (χ1n) is 10.4. The third-order valence-electron chi connectivity index (χ3n) is 5.80. The van der Waals surface area contributed by atoms with Crippen LogP contribution >= 0.6 is 15.9 Å². The van der Waals surface area contributed by atoms with E-state index in [1.54, 1.807) is 30.3 Å². The number of likely N-dealkylation sites (N-methyl/N-ethyl adjacent to an activating group) is 1. The lowest BCUT2D eigenvalue weighted by atomic mass is 9.88. The number of urea groups is 1. The first-order valence-corrected chi connectivity index (χ1v) is 11.2. The summed E-state index contributed by atoms with van der Waals surface area (Å²) in [5.41, 5.74) is 4.22. The van der Waals surface area contributed by atoms with Crippen LogP contribution in [0, 0.1) is 0 Å². The summed E-state index contributed by atoms with van der Waals surface area (Å²) in [6, 6.07) is 11.9. The first kappa shape index (κ1) is 22.0. The zero-order chi connectivity index (χ0) is 23.2. The second-order valence-electron chi connectivity index (χ2n) is 8.44. The number of allylic oxidation sites excluding steroid dienone is 1. The van der Waals surface area contributed by atoms with Gasteiger partial charge in [-0.15, -0.1) is 0 Å². The number of carbonyl (C=O) groups is 3. The zero-order valence-corrected chi connectivity index (χ0v) is 20.0. The molecule has 1 N–H and O–H groups in total. The van der Waals surface area contributed by atoms with E-state index >= 15 is 0 Å². The molecule has 2 heterocycles. The lowest BCUT2D eigenvalue weighted by Gasteiger charge is -2.42. The Balaban J connectivity index is 1.75. The lowest BCUT2D eigenvalue weighted by Crippen LogP contribution is -2.54. The average Bonchev–Trinajstić information content (AvgIpc) is 2.71. The van der Waals surface area contributed by atoms with Crippen LogP contribution in [-0.2, 0) is 9.59 Å². The number of amides is 4. The normalized spacial score (nSPS) is 19.1. The summed E-state index contributed by atoms with van der Waals surface area (Å²) in [5, 5.41) is 2.27. The predicted octanol–water partition coefficient (Wildman–Crippen LogP) is 5.14. The van der Waals surface area contributed by atoms with Crippen LogP contribution < -0.4 is 15.1 Å². The van der Waals surface area contributed by atoms with Crippen molar-refractivity contribution in [3.63, 3.8) is 0 Å². The minimum absolute atomic E-state index is 0.0883. The number of rotatable bonds is 3. The summed E-state index contributed by atoms with van der Waals surface area (Å²) in [4.78, 5) is 41.4. The number of nitrogens with zero attached hydrogens (tertiary/aromatic N) is 2. The predicted molar refractivity (Wildman–Crippen MR) is 130 cm³/mol. The van der Waals surface area contributed by atoms with Crippen LogP contribution in [0.1, 0.15) is 38.8 Å². The molecule has 0 atom stereocenters. The Morgan fingerprint density at radius 1 is 1.09 bits per heavy atom. The summed E-state index contributed by atoms with van der Waals surface area (Å²) in [6.07, 6.45) is 3.76. The van der Waals surface area contributed by atoms with Crippen LogP contribution in [0.3, 0.4) is 0 Å². The van der Waals surface area contributed by atoms with Gasteiger partial charge < -0.3 is 4.90 Å². The molecular weight excluding hydrogens is 470 g/mol. The first-order chi connectivity index (χ1) is 15.1. The molecule has 2 aromatic carbocycles. The number of carbonyl (C=O) groups excluding carboxylic acids is 3. The molecule has 7 heteroatoms. The van der Waals surface area contributed by atoms with Gasteiger partial charge in [-0.1, -0.05) is 34.1 Å². The molecule has 0 radical (unpaired) electrons. The maximum Gasteiger partial charge on any atom is 0.335 e. The van der Waals surface area contributed by atoms with Gasteiger partial charge in [0, 0.05) is 22.3 Å². The molecule has 6 nitrogen and oxygen atoms in total. The van der Waals surface area contributed by atoms with Gasteiger partial charge in [-0.05, 0) is 75.2 Å². The Bertz CT molecular complexity index is 1210. The van der Waals surface area contributed by atoms with E-state index < -0.39 is 17.8 Å². The summed E-state index contributed by atoms with van der Waals surface area (Å²) in [7, 11) is 0. The van der Waals surface area contributed by atoms with E-state index in [4.69, 9.17) is 0 Å². The topological polar surface area (TPSA) is 69.7 Å². The monoisotopic (exact) mass is 493 g/mol. The highest BCUT2D eigenvalue weighted by Gasteiger charge is 2.37. The molecule has 0 aliphatic carbocycles. The van der Waals surface area contributed by atoms with Crippen molar-refractivity contribution in [3.8, 4) is 0 Å². The molecule has 4 amide bonds. The fraction of sp³-hybridized carbons (Fsp3) is 0.240. The van der Waals surface area contributed by atoms with Crippen LogP contribution in [-0.4, -0.2) is 29.9 Å². The van der Waals surface area contributed by atoms with Crippen molar-refractivity contribution in [1.29, 1.82) is 0 Å². The second-order valence-corrected chi connectivity index (χ2v) is 9.36. The fourth-order valence-electron chi connectivity index (χ4n) is 4.44. The van der Waals surface area contributed by atoms with Gasteiger partial charge in [-0.2, -0.15) is 0 Å². The van der Waals surface area contributed by atoms with Gasteiger partial charge >= 0.3 is 6.03 Å². The lowest BCUT2D eigenvalue weighted by molar-refractivity contribution is -0.122. The van der Waals surface area contributed by atoms with E-state index in [9.17, 15) is 14.4 Å². The number of hydrogen-bond donors (Lipinski definition) is 1. The van der Waals surface area contributed by atoms with E-state index in [0.717, 1.165) is 32.7 Å². The van der Waals surface area contributed by atoms with E-state index in [1.165, 1.54) is 0 Å². The fourth-order valence-corrected chi connectivity index (χ4v) is 4.83. The average molecular weight is 494 g/mol. The highest BCUT2D eigenvalue weighted by atomic mass is 79.9. The van der Waals surface area contributed by atoms with Crippen LogP contribution in [0.4, 0.5) is 16.2 Å². The second kappa shape index (κ2) is 8.06. The van der Waals surface area contributed by atoms with Gasteiger partial charge in [0.15, 0.2) is 0 Å². The highest BCUT2D eigenvalue weighted by Crippen LogP contribution is 2.39. The van der Waals surface area contributed by atoms with Crippen molar-refractivity contribution in [1.82, 2.24) is 5.32 Å². The van der Waals surface area contributed by atoms with Gasteiger partial charge in [-0.25, -0.2) is 9.69 Å². The van der Waals surface area contributed by atoms with Crippen molar-refractivity contribution < 1.29 is 14.4 Å². The van der Waals surface area contributed by atoms with Gasteiger partial charge in [0.05, 0.1) is 11.2 Å². The largest absolute Gasteiger partial charge is 0.363 e. The number of barbiturate groups is 1. The Morgan fingerprint density at radius 3 is 2.53 bits per heavy atom. The number of halogens is 1. The minimum atomic E-state index is -0.764. The number of imide groups is 2. The molecule has 1 fully saturated rings. The van der Waals surface area contributed by atoms with Crippen molar-refractivity contribution in [2.45, 2.75) is 33.2 Å². The van der Waals surface area contributed by atoms with E-state index in [2.05, 4.69) is 59.9 Å². The van der Waals surface area contributed by atoms with Crippen molar-refractivity contribution in [2.24, 2.45) is 0 Å². The molecule has 32 heavy (non-hydrogen) atoms. The molecule has 1 saturated heterocycles. The summed E-state index contributed by atoms with van der Waals surface area (Å²) in [5.74, 6) is -1.36. The van der Waals surface area contributed by atoms with Gasteiger partial charge in [0.25, 0.3) is 11.8 Å². The highest BCUT2D eigenvalue weighted by molar-refractivity contribution is 9.10. The molecule has 0 aromatic heterocycles. The number of anilines is 2. The number of nitrogens with one attached hydrogen (secondary N) is 1. The zero-order valence-electron chi connectivity index (χ0n) is 18.4. The number of fused-ring (bicyclic) bond motifs is 1. The number of benzene rings is 2. The van der Waals surface area contributed by atoms with Crippen molar-refractivity contribution in [3.05, 3.63) is 69.7 Å². The molecule has 164 valence electrons. The van der Waals surface area contributed by atoms with Crippen molar-refractivity contribution in [2.75, 3.05) is 16.3 Å². The summed E-state index contributed by atoms with van der Waals surface area (Å²) < 4.78 is 0.721. The maximum absolute atomic E-state index is 13.1. The molecule has 2 aromatic rings. The van der Waals surface area contributed by atoms with E-state index in [1.807, 2.05) is 18.2 Å². The molecule has 4 rings (SSSR count). The molecular formula is C25H24BrN3O3. The van der Waals surface area contributed by atoms with Crippen LogP contribution in [0.2, 0.25) is 0 Å². The standard InChI is InChI=1S/C25H24BrN3O3/c1-5-28-21-10-9-16(11-19(21)15(2)14-25(28,3)4)12-20-22(30)27-24(32)29(23(20)31)18-8-6-7-17(26)13-18/h6-14H,5H2,1-4H3,(H,27,30,32)/b20-12-. The molecule has 0 unspecified atom stereocenters. The molecule has 0 saturated carbocycles. The van der Waals surface area contributed by atoms with Gasteiger partial charge in [0.1, 0.15) is 5.57 Å². The number of hydrogen-bond acceptors (Lipinski definition) is 4. The Kier molecular flexibility index (Phi) is 5.54. The van der Waals surface area contributed by atoms with Gasteiger partial charge in [-0.3, -0.25) is 14.9 Å². The SMILES string of the molecule is CCN1c2ccc(/C=C3/C(=O)NC(=O)N(c4cccc(Br)c4)C3=O)cc2C(C)=CC1(C)C. The minimum Gasteiger partial charge on any atom is -0.363 e. The molecule has 2 aliphatic rings. The third kappa shape index (κ3) is 3.77. The molecule has 0 bridgehead atoms. The van der Waals surface area contributed by atoms with Gasteiger partial charge in [0.2, 0.25) is 0 Å². The molecule has 0 spiro atoms. The third-order valence-corrected chi connectivity index (χ3v) is 6.29. The summed E-state index contributed by atoms with van der Waals surface area (Å²) >= 11 is 3.35. The quantitative estimate of drug-likeness (QED) is 0.474. The molecule has 2 aliphatic heterocycles. The maximum atomic E-state index is 13.1. The van der Waals surface area contributed by atoms with Crippen molar-refractivity contribution >= 4 is 56.8 Å². The van der Waals surface area contributed by atoms with E-state index in [0.29, 0.717) is 11.3 Å². The summed E-state index contributed by atoms with van der Waals surface area (Å²) in [6.45, 7) is 9.40. The Morgan fingerprint density at radius 2 is 1.84 bits per heavy atom. The van der Waals surface area contributed by atoms with Crippen LogP contribution in [0.25, 0.3) is 11.6 Å². The smallest absolute Gasteiger partial charge is 0.335 e.